The number of aliphatic carboxylic acids is 1. The number of hydrogen-bond donors (Lipinski definition) is 1. The van der Waals surface area contributed by atoms with Crippen LogP contribution in [0.15, 0.2) is 60.7 Å². The fourth-order valence-corrected chi connectivity index (χ4v) is 1.86. The minimum atomic E-state index is -1.05. The first-order valence-corrected chi connectivity index (χ1v) is 5.80. The Hall–Kier alpha value is -2.06. The standard InChI is InChI=1S/C15H11ClO2/c16-14(10-15(17)18)13-8-6-12(7-9-13)11-4-2-1-3-5-11/h1-10H,(H,17,18)/b14-10-. The number of carbonyl (C=O) groups is 1. The fraction of sp³-hybridized carbons (Fsp3) is 0. The van der Waals surface area contributed by atoms with Crippen molar-refractivity contribution in [1.29, 1.82) is 0 Å². The summed E-state index contributed by atoms with van der Waals surface area (Å²) in [5, 5.41) is 8.84. The summed E-state index contributed by atoms with van der Waals surface area (Å²) in [7, 11) is 0. The molecule has 0 aliphatic carbocycles. The van der Waals surface area contributed by atoms with Crippen LogP contribution in [-0.4, -0.2) is 11.1 Å². The number of rotatable bonds is 3. The highest BCUT2D eigenvalue weighted by molar-refractivity contribution is 6.50. The third-order valence-electron chi connectivity index (χ3n) is 2.52. The van der Waals surface area contributed by atoms with Gasteiger partial charge >= 0.3 is 5.97 Å². The van der Waals surface area contributed by atoms with E-state index in [1.54, 1.807) is 0 Å². The molecule has 0 aliphatic heterocycles. The van der Waals surface area contributed by atoms with Crippen LogP contribution in [0.3, 0.4) is 0 Å². The first-order valence-electron chi connectivity index (χ1n) is 5.43. The monoisotopic (exact) mass is 258 g/mol. The van der Waals surface area contributed by atoms with Gasteiger partial charge in [0.25, 0.3) is 0 Å². The molecule has 0 heterocycles. The maximum Gasteiger partial charge on any atom is 0.329 e. The van der Waals surface area contributed by atoms with Crippen LogP contribution in [0.4, 0.5) is 0 Å². The van der Waals surface area contributed by atoms with Gasteiger partial charge in [-0.3, -0.25) is 0 Å². The highest BCUT2D eigenvalue weighted by atomic mass is 35.5. The Bertz CT molecular complexity index is 571. The van der Waals surface area contributed by atoms with E-state index in [2.05, 4.69) is 0 Å². The van der Waals surface area contributed by atoms with Crippen LogP contribution < -0.4 is 0 Å². The Kier molecular flexibility index (Phi) is 3.80. The number of benzene rings is 2. The van der Waals surface area contributed by atoms with Gasteiger partial charge in [-0.2, -0.15) is 0 Å². The molecule has 0 radical (unpaired) electrons. The zero-order chi connectivity index (χ0) is 13.0. The minimum absolute atomic E-state index is 0.224. The van der Waals surface area contributed by atoms with E-state index in [0.717, 1.165) is 17.2 Å². The summed E-state index contributed by atoms with van der Waals surface area (Å²) in [5.74, 6) is -1.05. The number of hydrogen-bond acceptors (Lipinski definition) is 1. The molecule has 2 aromatic rings. The summed E-state index contributed by atoms with van der Waals surface area (Å²) in [6.07, 6.45) is 0.985. The van der Waals surface area contributed by atoms with Crippen molar-refractivity contribution >= 4 is 22.6 Å². The van der Waals surface area contributed by atoms with Gasteiger partial charge in [-0.15, -0.1) is 0 Å². The highest BCUT2D eigenvalue weighted by Gasteiger charge is 2.02. The van der Waals surface area contributed by atoms with Gasteiger partial charge in [0.2, 0.25) is 0 Å². The minimum Gasteiger partial charge on any atom is -0.478 e. The van der Waals surface area contributed by atoms with Crippen molar-refractivity contribution < 1.29 is 9.90 Å². The van der Waals surface area contributed by atoms with Crippen molar-refractivity contribution in [3.05, 3.63) is 66.2 Å². The quantitative estimate of drug-likeness (QED) is 0.845. The second-order valence-electron chi connectivity index (χ2n) is 3.77. The fourth-order valence-electron chi connectivity index (χ4n) is 1.64. The molecule has 0 saturated carbocycles. The van der Waals surface area contributed by atoms with Gasteiger partial charge in [-0.05, 0) is 16.7 Å². The van der Waals surface area contributed by atoms with Crippen LogP contribution in [-0.2, 0) is 4.79 Å². The zero-order valence-corrected chi connectivity index (χ0v) is 10.3. The smallest absolute Gasteiger partial charge is 0.329 e. The van der Waals surface area contributed by atoms with E-state index < -0.39 is 5.97 Å². The Morgan fingerprint density at radius 3 is 2.06 bits per heavy atom. The Morgan fingerprint density at radius 2 is 1.50 bits per heavy atom. The summed E-state index contributed by atoms with van der Waals surface area (Å²) in [6.45, 7) is 0. The molecular weight excluding hydrogens is 248 g/mol. The largest absolute Gasteiger partial charge is 0.478 e. The zero-order valence-electron chi connectivity index (χ0n) is 9.51. The number of carboxylic acid groups (broad SMARTS) is 1. The van der Waals surface area contributed by atoms with Crippen molar-refractivity contribution in [3.8, 4) is 11.1 Å². The molecule has 1 N–H and O–H groups in total. The van der Waals surface area contributed by atoms with Crippen LogP contribution in [0.5, 0.6) is 0 Å². The van der Waals surface area contributed by atoms with E-state index in [4.69, 9.17) is 16.7 Å². The molecule has 0 aliphatic rings. The van der Waals surface area contributed by atoms with Crippen LogP contribution in [0.2, 0.25) is 0 Å². The molecule has 0 unspecified atom stereocenters. The lowest BCUT2D eigenvalue weighted by Crippen LogP contribution is -1.88. The highest BCUT2D eigenvalue weighted by Crippen LogP contribution is 2.24. The molecule has 90 valence electrons. The second kappa shape index (κ2) is 5.52. The average Bonchev–Trinajstić information content (AvgIpc) is 2.39. The third kappa shape index (κ3) is 2.99. The molecule has 0 atom stereocenters. The Labute approximate surface area is 110 Å². The van der Waals surface area contributed by atoms with Gasteiger partial charge in [0.1, 0.15) is 0 Å². The van der Waals surface area contributed by atoms with Gasteiger partial charge in [0.15, 0.2) is 0 Å². The lowest BCUT2D eigenvalue weighted by atomic mass is 10.0. The Balaban J connectivity index is 2.29. The maximum atomic E-state index is 10.5. The van der Waals surface area contributed by atoms with Crippen LogP contribution in [0.1, 0.15) is 5.56 Å². The van der Waals surface area contributed by atoms with E-state index in [9.17, 15) is 4.79 Å². The lowest BCUT2D eigenvalue weighted by molar-refractivity contribution is -0.131. The SMILES string of the molecule is O=C(O)/C=C(\Cl)c1ccc(-c2ccccc2)cc1. The normalized spacial score (nSPS) is 11.3. The number of carboxylic acids is 1. The molecular formula is C15H11ClO2. The number of halogens is 1. The average molecular weight is 259 g/mol. The summed E-state index contributed by atoms with van der Waals surface area (Å²) in [5.41, 5.74) is 2.88. The van der Waals surface area contributed by atoms with Gasteiger partial charge in [0.05, 0.1) is 5.03 Å². The summed E-state index contributed by atoms with van der Waals surface area (Å²) >= 11 is 5.88. The van der Waals surface area contributed by atoms with Gasteiger partial charge in [0, 0.05) is 6.08 Å². The molecule has 2 aromatic carbocycles. The molecule has 0 saturated heterocycles. The predicted molar refractivity (Wildman–Crippen MR) is 73.3 cm³/mol. The summed E-state index contributed by atoms with van der Waals surface area (Å²) in [6, 6.07) is 17.4. The molecule has 0 aromatic heterocycles. The molecule has 0 amide bonds. The van der Waals surface area contributed by atoms with E-state index >= 15 is 0 Å². The van der Waals surface area contributed by atoms with Crippen LogP contribution in [0.25, 0.3) is 16.2 Å². The van der Waals surface area contributed by atoms with Crippen LogP contribution >= 0.6 is 11.6 Å². The molecule has 0 spiro atoms. The van der Waals surface area contributed by atoms with Crippen molar-refractivity contribution in [2.75, 3.05) is 0 Å². The first kappa shape index (κ1) is 12.4. The van der Waals surface area contributed by atoms with Crippen molar-refractivity contribution in [3.63, 3.8) is 0 Å². The molecule has 3 heteroatoms. The molecule has 18 heavy (non-hydrogen) atoms. The van der Waals surface area contributed by atoms with Crippen LogP contribution in [0, 0.1) is 0 Å². The molecule has 0 bridgehead atoms. The van der Waals surface area contributed by atoms with E-state index in [1.807, 2.05) is 54.6 Å². The van der Waals surface area contributed by atoms with Gasteiger partial charge in [-0.1, -0.05) is 66.2 Å². The lowest BCUT2D eigenvalue weighted by Gasteiger charge is -2.03. The summed E-state index contributed by atoms with van der Waals surface area (Å²) in [4.78, 5) is 10.5. The van der Waals surface area contributed by atoms with E-state index in [1.165, 1.54) is 0 Å². The van der Waals surface area contributed by atoms with E-state index in [-0.39, 0.29) is 5.03 Å². The topological polar surface area (TPSA) is 37.3 Å². The predicted octanol–water partition coefficient (Wildman–Crippen LogP) is 4.02. The maximum absolute atomic E-state index is 10.5. The first-order chi connectivity index (χ1) is 8.66. The molecule has 2 nitrogen and oxygen atoms in total. The van der Waals surface area contributed by atoms with Crippen molar-refractivity contribution in [2.45, 2.75) is 0 Å². The third-order valence-corrected chi connectivity index (χ3v) is 2.85. The van der Waals surface area contributed by atoms with E-state index in [0.29, 0.717) is 5.56 Å². The summed E-state index contributed by atoms with van der Waals surface area (Å²) < 4.78 is 0. The Morgan fingerprint density at radius 1 is 0.944 bits per heavy atom. The molecule has 0 fully saturated rings. The van der Waals surface area contributed by atoms with Crippen molar-refractivity contribution in [1.82, 2.24) is 0 Å². The molecule has 2 rings (SSSR count). The van der Waals surface area contributed by atoms with Gasteiger partial charge in [-0.25, -0.2) is 4.79 Å². The van der Waals surface area contributed by atoms with Gasteiger partial charge < -0.3 is 5.11 Å². The van der Waals surface area contributed by atoms with Crippen molar-refractivity contribution in [2.24, 2.45) is 0 Å². The second-order valence-corrected chi connectivity index (χ2v) is 4.18.